The van der Waals surface area contributed by atoms with Crippen LogP contribution < -0.4 is 5.32 Å². The number of nitrogens with one attached hydrogen (secondary N) is 1. The van der Waals surface area contributed by atoms with Crippen molar-refractivity contribution in [2.24, 2.45) is 0 Å². The van der Waals surface area contributed by atoms with Gasteiger partial charge < -0.3 is 5.32 Å². The first-order valence-corrected chi connectivity index (χ1v) is 8.81. The first kappa shape index (κ1) is 15.7. The van der Waals surface area contributed by atoms with E-state index < -0.39 is 0 Å². The molecule has 1 heterocycles. The van der Waals surface area contributed by atoms with Gasteiger partial charge in [-0.3, -0.25) is 0 Å². The number of hydrogen-bond acceptors (Lipinski definition) is 2. The molecule has 3 heteroatoms. The Morgan fingerprint density at radius 1 is 1.20 bits per heavy atom. The zero-order valence-corrected chi connectivity index (χ0v) is 14.8. The third kappa shape index (κ3) is 4.18. The second-order valence-corrected chi connectivity index (χ2v) is 7.14. The Kier molecular flexibility index (Phi) is 5.82. The molecule has 0 amide bonds. The highest BCUT2D eigenvalue weighted by Gasteiger charge is 2.16. The summed E-state index contributed by atoms with van der Waals surface area (Å²) in [6.45, 7) is 7.61. The fraction of sp³-hybridized carbons (Fsp3) is 0.412. The average Bonchev–Trinajstić information content (AvgIpc) is 2.79. The van der Waals surface area contributed by atoms with Crippen molar-refractivity contribution >= 4 is 27.3 Å². The van der Waals surface area contributed by atoms with Crippen molar-refractivity contribution in [2.75, 3.05) is 6.54 Å². The van der Waals surface area contributed by atoms with Crippen molar-refractivity contribution in [3.8, 4) is 0 Å². The summed E-state index contributed by atoms with van der Waals surface area (Å²) < 4.78 is 1.22. The molecule has 108 valence electrons. The first-order chi connectivity index (χ1) is 9.60. The molecule has 0 saturated carbocycles. The van der Waals surface area contributed by atoms with E-state index in [0.717, 1.165) is 19.4 Å². The first-order valence-electron chi connectivity index (χ1n) is 7.13. The Labute approximate surface area is 134 Å². The monoisotopic (exact) mass is 351 g/mol. The molecule has 0 bridgehead atoms. The molecule has 0 aliphatic rings. The second-order valence-electron chi connectivity index (χ2n) is 5.34. The minimum absolute atomic E-state index is 0.394. The van der Waals surface area contributed by atoms with Crippen LogP contribution in [0.2, 0.25) is 0 Å². The lowest BCUT2D eigenvalue weighted by Gasteiger charge is -2.19. The van der Waals surface area contributed by atoms with Gasteiger partial charge in [0, 0.05) is 15.4 Å². The Morgan fingerprint density at radius 3 is 2.45 bits per heavy atom. The quantitative estimate of drug-likeness (QED) is 0.733. The van der Waals surface area contributed by atoms with Crippen LogP contribution in [0.3, 0.4) is 0 Å². The summed E-state index contributed by atoms with van der Waals surface area (Å²) in [4.78, 5) is 1.40. The van der Waals surface area contributed by atoms with Crippen LogP contribution >= 0.6 is 27.3 Å². The van der Waals surface area contributed by atoms with E-state index in [-0.39, 0.29) is 0 Å². The van der Waals surface area contributed by atoms with Gasteiger partial charge in [0.25, 0.3) is 0 Å². The maximum atomic E-state index is 3.68. The molecule has 2 rings (SSSR count). The topological polar surface area (TPSA) is 12.0 Å². The van der Waals surface area contributed by atoms with E-state index in [1.165, 1.54) is 26.0 Å². The van der Waals surface area contributed by atoms with Gasteiger partial charge in [-0.2, -0.15) is 0 Å². The van der Waals surface area contributed by atoms with E-state index >= 15 is 0 Å². The minimum atomic E-state index is 0.394. The predicted molar refractivity (Wildman–Crippen MR) is 92.7 cm³/mol. The molecule has 0 aliphatic heterocycles. The predicted octanol–water partition coefficient (Wildman–Crippen LogP) is 5.41. The van der Waals surface area contributed by atoms with E-state index in [4.69, 9.17) is 0 Å². The molecular weight excluding hydrogens is 330 g/mol. The Hall–Kier alpha value is -0.640. The molecule has 1 atom stereocenters. The fourth-order valence-electron chi connectivity index (χ4n) is 2.55. The number of benzene rings is 1. The van der Waals surface area contributed by atoms with Gasteiger partial charge in [-0.05, 0) is 66.2 Å². The second kappa shape index (κ2) is 7.39. The molecule has 1 nitrogen and oxygen atoms in total. The van der Waals surface area contributed by atoms with Crippen molar-refractivity contribution in [3.05, 3.63) is 55.7 Å². The third-order valence-corrected chi connectivity index (χ3v) is 5.31. The average molecular weight is 352 g/mol. The zero-order valence-electron chi connectivity index (χ0n) is 12.4. The van der Waals surface area contributed by atoms with E-state index in [1.807, 2.05) is 11.3 Å². The molecule has 2 aromatic rings. The lowest BCUT2D eigenvalue weighted by Crippen LogP contribution is -2.23. The summed E-state index contributed by atoms with van der Waals surface area (Å²) in [5, 5.41) is 5.83. The zero-order chi connectivity index (χ0) is 14.5. The van der Waals surface area contributed by atoms with E-state index in [2.05, 4.69) is 71.7 Å². The van der Waals surface area contributed by atoms with Gasteiger partial charge in [0.2, 0.25) is 0 Å². The smallest absolute Gasteiger partial charge is 0.0467 e. The van der Waals surface area contributed by atoms with Gasteiger partial charge in [-0.15, -0.1) is 11.3 Å². The van der Waals surface area contributed by atoms with E-state index in [9.17, 15) is 0 Å². The number of aryl methyl sites for hydroxylation is 2. The Morgan fingerprint density at radius 2 is 1.90 bits per heavy atom. The standard InChI is InChI=1S/C17H22BrNS/c1-4-6-19-16(17-15(18)5-7-20-17)11-14-9-12(2)8-13(3)10-14/h5,7-10,16,19H,4,6,11H2,1-3H3. The van der Waals surface area contributed by atoms with Crippen LogP contribution in [0.25, 0.3) is 0 Å². The third-order valence-electron chi connectivity index (χ3n) is 3.32. The maximum absolute atomic E-state index is 3.68. The van der Waals surface area contributed by atoms with Crippen LogP contribution in [0.4, 0.5) is 0 Å². The molecular formula is C17H22BrNS. The number of halogens is 1. The number of rotatable bonds is 6. The molecule has 20 heavy (non-hydrogen) atoms. The van der Waals surface area contributed by atoms with Crippen LogP contribution in [0.5, 0.6) is 0 Å². The van der Waals surface area contributed by atoms with Gasteiger partial charge >= 0.3 is 0 Å². The Bertz CT molecular complexity index is 542. The molecule has 1 aromatic heterocycles. The number of hydrogen-bond donors (Lipinski definition) is 1. The SMILES string of the molecule is CCCNC(Cc1cc(C)cc(C)c1)c1sccc1Br. The van der Waals surface area contributed by atoms with Crippen LogP contribution in [0.15, 0.2) is 34.1 Å². The van der Waals surface area contributed by atoms with Crippen LogP contribution in [-0.4, -0.2) is 6.54 Å². The van der Waals surface area contributed by atoms with E-state index in [0.29, 0.717) is 6.04 Å². The van der Waals surface area contributed by atoms with Gasteiger partial charge in [0.1, 0.15) is 0 Å². The summed E-state index contributed by atoms with van der Waals surface area (Å²) in [5.74, 6) is 0. The Balaban J connectivity index is 2.21. The highest BCUT2D eigenvalue weighted by molar-refractivity contribution is 9.10. The van der Waals surface area contributed by atoms with Gasteiger partial charge in [-0.25, -0.2) is 0 Å². The van der Waals surface area contributed by atoms with Crippen molar-refractivity contribution in [2.45, 2.75) is 39.7 Å². The highest BCUT2D eigenvalue weighted by atomic mass is 79.9. The van der Waals surface area contributed by atoms with Crippen LogP contribution in [-0.2, 0) is 6.42 Å². The normalized spacial score (nSPS) is 12.6. The van der Waals surface area contributed by atoms with Crippen molar-refractivity contribution in [1.29, 1.82) is 0 Å². The molecule has 1 unspecified atom stereocenters. The molecule has 1 aromatic carbocycles. The van der Waals surface area contributed by atoms with Gasteiger partial charge in [0.05, 0.1) is 0 Å². The van der Waals surface area contributed by atoms with Gasteiger partial charge in [0.15, 0.2) is 0 Å². The molecule has 0 saturated heterocycles. The molecule has 0 spiro atoms. The maximum Gasteiger partial charge on any atom is 0.0467 e. The van der Waals surface area contributed by atoms with Gasteiger partial charge in [-0.1, -0.05) is 36.2 Å². The fourth-order valence-corrected chi connectivity index (χ4v) is 4.28. The number of thiophene rings is 1. The minimum Gasteiger partial charge on any atom is -0.309 e. The van der Waals surface area contributed by atoms with E-state index in [1.54, 1.807) is 0 Å². The molecule has 0 radical (unpaired) electrons. The largest absolute Gasteiger partial charge is 0.309 e. The molecule has 1 N–H and O–H groups in total. The summed E-state index contributed by atoms with van der Waals surface area (Å²) in [6, 6.07) is 9.37. The summed E-state index contributed by atoms with van der Waals surface area (Å²) >= 11 is 5.50. The van der Waals surface area contributed by atoms with Crippen molar-refractivity contribution < 1.29 is 0 Å². The molecule has 0 fully saturated rings. The summed E-state index contributed by atoms with van der Waals surface area (Å²) in [5.41, 5.74) is 4.11. The highest BCUT2D eigenvalue weighted by Crippen LogP contribution is 2.31. The van der Waals surface area contributed by atoms with Crippen molar-refractivity contribution in [3.63, 3.8) is 0 Å². The molecule has 0 aliphatic carbocycles. The van der Waals surface area contributed by atoms with Crippen LogP contribution in [0.1, 0.15) is 41.0 Å². The van der Waals surface area contributed by atoms with Crippen LogP contribution in [0, 0.1) is 13.8 Å². The lowest BCUT2D eigenvalue weighted by atomic mass is 10.0. The van der Waals surface area contributed by atoms with Crippen molar-refractivity contribution in [1.82, 2.24) is 5.32 Å². The lowest BCUT2D eigenvalue weighted by molar-refractivity contribution is 0.535. The summed E-state index contributed by atoms with van der Waals surface area (Å²) in [7, 11) is 0. The summed E-state index contributed by atoms with van der Waals surface area (Å²) in [6.07, 6.45) is 2.20.